The van der Waals surface area contributed by atoms with Gasteiger partial charge in [-0.25, -0.2) is 0 Å². The van der Waals surface area contributed by atoms with Crippen LogP contribution in [0.2, 0.25) is 0 Å². The van der Waals surface area contributed by atoms with Crippen molar-refractivity contribution < 1.29 is 4.74 Å². The normalized spacial score (nSPS) is 15.5. The van der Waals surface area contributed by atoms with Gasteiger partial charge >= 0.3 is 0 Å². The summed E-state index contributed by atoms with van der Waals surface area (Å²) in [4.78, 5) is 4.46. The number of rotatable bonds is 2. The van der Waals surface area contributed by atoms with Gasteiger partial charge in [0.1, 0.15) is 11.6 Å². The number of benzene rings is 1. The highest BCUT2D eigenvalue weighted by Gasteiger charge is 2.07. The Hall–Kier alpha value is -1.03. The Morgan fingerprint density at radius 2 is 2.25 bits per heavy atom. The Balaban J connectivity index is 2.12. The van der Waals surface area contributed by atoms with Gasteiger partial charge in [-0.05, 0) is 40.9 Å². The molecule has 0 aliphatic carbocycles. The molecule has 0 aromatic heterocycles. The molecule has 0 unspecified atom stereocenters. The van der Waals surface area contributed by atoms with E-state index in [4.69, 9.17) is 4.74 Å². The van der Waals surface area contributed by atoms with Gasteiger partial charge in [0.2, 0.25) is 0 Å². The van der Waals surface area contributed by atoms with Crippen molar-refractivity contribution in [1.29, 1.82) is 0 Å². The van der Waals surface area contributed by atoms with E-state index in [1.165, 1.54) is 12.8 Å². The first-order valence-corrected chi connectivity index (χ1v) is 6.23. The monoisotopic (exact) mass is 282 g/mol. The quantitative estimate of drug-likeness (QED) is 0.901. The second-order valence-electron chi connectivity index (χ2n) is 3.76. The number of hydrogen-bond acceptors (Lipinski definition) is 3. The fraction of sp³-hybridized carbons (Fsp3) is 0.417. The van der Waals surface area contributed by atoms with Crippen LogP contribution in [-0.2, 0) is 0 Å². The topological polar surface area (TPSA) is 33.6 Å². The molecule has 1 aromatic carbocycles. The van der Waals surface area contributed by atoms with E-state index in [1.807, 2.05) is 18.2 Å². The predicted octanol–water partition coefficient (Wildman–Crippen LogP) is 3.45. The molecule has 1 aliphatic heterocycles. The van der Waals surface area contributed by atoms with Gasteiger partial charge < -0.3 is 10.1 Å². The summed E-state index contributed by atoms with van der Waals surface area (Å²) in [6.45, 7) is 0.940. The SMILES string of the molecule is COc1cc(NC2=NCCCC2)ccc1Br. The van der Waals surface area contributed by atoms with Crippen LogP contribution in [0.1, 0.15) is 19.3 Å². The third-order valence-electron chi connectivity index (χ3n) is 2.56. The largest absolute Gasteiger partial charge is 0.495 e. The molecule has 0 radical (unpaired) electrons. The van der Waals surface area contributed by atoms with E-state index in [1.54, 1.807) is 7.11 Å². The average molecular weight is 283 g/mol. The summed E-state index contributed by atoms with van der Waals surface area (Å²) < 4.78 is 6.21. The van der Waals surface area contributed by atoms with Crippen LogP contribution in [0, 0.1) is 0 Å². The highest BCUT2D eigenvalue weighted by atomic mass is 79.9. The van der Waals surface area contributed by atoms with Crippen molar-refractivity contribution >= 4 is 27.5 Å². The van der Waals surface area contributed by atoms with Gasteiger partial charge in [0.15, 0.2) is 0 Å². The summed E-state index contributed by atoms with van der Waals surface area (Å²) in [7, 11) is 1.67. The minimum atomic E-state index is 0.835. The number of ether oxygens (including phenoxy) is 1. The number of aliphatic imine (C=N–C) groups is 1. The molecule has 0 saturated heterocycles. The number of methoxy groups -OCH3 is 1. The van der Waals surface area contributed by atoms with Crippen molar-refractivity contribution in [3.63, 3.8) is 0 Å². The molecule has 2 rings (SSSR count). The number of anilines is 1. The molecule has 16 heavy (non-hydrogen) atoms. The zero-order valence-electron chi connectivity index (χ0n) is 9.29. The average Bonchev–Trinajstić information content (AvgIpc) is 2.33. The molecule has 1 heterocycles. The van der Waals surface area contributed by atoms with Gasteiger partial charge in [-0.3, -0.25) is 4.99 Å². The lowest BCUT2D eigenvalue weighted by Gasteiger charge is -2.14. The highest BCUT2D eigenvalue weighted by molar-refractivity contribution is 9.10. The van der Waals surface area contributed by atoms with Crippen LogP contribution >= 0.6 is 15.9 Å². The molecule has 1 aromatic rings. The second-order valence-corrected chi connectivity index (χ2v) is 4.61. The maximum absolute atomic E-state index is 5.25. The van der Waals surface area contributed by atoms with E-state index in [9.17, 15) is 0 Å². The molecule has 0 atom stereocenters. The van der Waals surface area contributed by atoms with Crippen LogP contribution in [0.5, 0.6) is 5.75 Å². The van der Waals surface area contributed by atoms with Crippen LogP contribution in [0.4, 0.5) is 5.69 Å². The molecule has 1 aliphatic rings. The number of hydrogen-bond donors (Lipinski definition) is 1. The van der Waals surface area contributed by atoms with E-state index < -0.39 is 0 Å². The third kappa shape index (κ3) is 2.76. The second kappa shape index (κ2) is 5.34. The van der Waals surface area contributed by atoms with Gasteiger partial charge in [0, 0.05) is 24.7 Å². The van der Waals surface area contributed by atoms with Crippen LogP contribution < -0.4 is 10.1 Å². The van der Waals surface area contributed by atoms with Crippen molar-refractivity contribution in [2.75, 3.05) is 19.0 Å². The fourth-order valence-electron chi connectivity index (χ4n) is 1.70. The highest BCUT2D eigenvalue weighted by Crippen LogP contribution is 2.28. The minimum Gasteiger partial charge on any atom is -0.495 e. The van der Waals surface area contributed by atoms with Crippen LogP contribution in [0.3, 0.4) is 0 Å². The maximum atomic E-state index is 5.25. The Labute approximate surface area is 104 Å². The van der Waals surface area contributed by atoms with E-state index in [-0.39, 0.29) is 0 Å². The molecule has 0 saturated carbocycles. The lowest BCUT2D eigenvalue weighted by Crippen LogP contribution is -2.16. The Morgan fingerprint density at radius 3 is 2.94 bits per heavy atom. The fourth-order valence-corrected chi connectivity index (χ4v) is 2.11. The smallest absolute Gasteiger partial charge is 0.135 e. The van der Waals surface area contributed by atoms with E-state index in [2.05, 4.69) is 26.2 Å². The van der Waals surface area contributed by atoms with Gasteiger partial charge in [0.25, 0.3) is 0 Å². The van der Waals surface area contributed by atoms with E-state index in [0.29, 0.717) is 0 Å². The zero-order chi connectivity index (χ0) is 11.4. The lowest BCUT2D eigenvalue weighted by atomic mass is 10.2. The first-order valence-electron chi connectivity index (χ1n) is 5.43. The summed E-state index contributed by atoms with van der Waals surface area (Å²) >= 11 is 3.43. The molecule has 0 spiro atoms. The molecule has 0 amide bonds. The standard InChI is InChI=1S/C12H15BrN2O/c1-16-11-8-9(5-6-10(11)13)15-12-4-2-3-7-14-12/h5-6,8H,2-4,7H2,1H3,(H,14,15). The molecule has 4 heteroatoms. The summed E-state index contributed by atoms with van der Waals surface area (Å²) in [5.41, 5.74) is 1.03. The Bertz CT molecular complexity index is 404. The molecule has 86 valence electrons. The Kier molecular flexibility index (Phi) is 3.83. The van der Waals surface area contributed by atoms with Crippen LogP contribution in [-0.4, -0.2) is 19.5 Å². The molecule has 0 fully saturated rings. The number of nitrogens with zero attached hydrogens (tertiary/aromatic N) is 1. The zero-order valence-corrected chi connectivity index (χ0v) is 10.9. The first kappa shape index (κ1) is 11.5. The summed E-state index contributed by atoms with van der Waals surface area (Å²) in [6, 6.07) is 5.97. The van der Waals surface area contributed by atoms with Gasteiger partial charge in [-0.1, -0.05) is 0 Å². The maximum Gasteiger partial charge on any atom is 0.135 e. The van der Waals surface area contributed by atoms with E-state index >= 15 is 0 Å². The van der Waals surface area contributed by atoms with Gasteiger partial charge in [-0.2, -0.15) is 0 Å². The summed E-state index contributed by atoms with van der Waals surface area (Å²) in [5.74, 6) is 1.91. The van der Waals surface area contributed by atoms with Crippen molar-refractivity contribution in [2.24, 2.45) is 4.99 Å². The molecule has 1 N–H and O–H groups in total. The predicted molar refractivity (Wildman–Crippen MR) is 70.5 cm³/mol. The minimum absolute atomic E-state index is 0.835. The summed E-state index contributed by atoms with van der Waals surface area (Å²) in [6.07, 6.45) is 3.46. The molecular weight excluding hydrogens is 268 g/mol. The van der Waals surface area contributed by atoms with Gasteiger partial charge in [-0.15, -0.1) is 0 Å². The van der Waals surface area contributed by atoms with Crippen molar-refractivity contribution in [1.82, 2.24) is 0 Å². The van der Waals surface area contributed by atoms with E-state index in [0.717, 1.165) is 34.7 Å². The number of nitrogens with one attached hydrogen (secondary N) is 1. The van der Waals surface area contributed by atoms with Crippen LogP contribution in [0.25, 0.3) is 0 Å². The van der Waals surface area contributed by atoms with Crippen LogP contribution in [0.15, 0.2) is 27.7 Å². The van der Waals surface area contributed by atoms with Crippen molar-refractivity contribution in [3.05, 3.63) is 22.7 Å². The third-order valence-corrected chi connectivity index (χ3v) is 3.22. The van der Waals surface area contributed by atoms with Crippen molar-refractivity contribution in [2.45, 2.75) is 19.3 Å². The number of halogens is 1. The lowest BCUT2D eigenvalue weighted by molar-refractivity contribution is 0.412. The number of amidine groups is 1. The molecule has 3 nitrogen and oxygen atoms in total. The van der Waals surface area contributed by atoms with Gasteiger partial charge in [0.05, 0.1) is 11.6 Å². The summed E-state index contributed by atoms with van der Waals surface area (Å²) in [5, 5.41) is 3.33. The Morgan fingerprint density at radius 1 is 1.38 bits per heavy atom. The van der Waals surface area contributed by atoms with Crippen molar-refractivity contribution in [3.8, 4) is 5.75 Å². The molecule has 0 bridgehead atoms. The first-order chi connectivity index (χ1) is 7.79. The molecular formula is C12H15BrN2O.